The molecular weight excluding hydrogens is 196 g/mol. The first-order chi connectivity index (χ1) is 7.19. The minimum absolute atomic E-state index is 0.136. The highest BCUT2D eigenvalue weighted by molar-refractivity contribution is 5.25. The van der Waals surface area contributed by atoms with Crippen molar-refractivity contribution in [1.82, 2.24) is 0 Å². The van der Waals surface area contributed by atoms with Crippen LogP contribution in [0.15, 0.2) is 15.3 Å². The van der Waals surface area contributed by atoms with Gasteiger partial charge >= 0.3 is 0 Å². The van der Waals surface area contributed by atoms with Gasteiger partial charge in [-0.15, -0.1) is 0 Å². The molecule has 0 bridgehead atoms. The van der Waals surface area contributed by atoms with Gasteiger partial charge in [-0.3, -0.25) is 4.79 Å². The Kier molecular flexibility index (Phi) is 4.37. The van der Waals surface area contributed by atoms with E-state index in [1.807, 2.05) is 6.92 Å². The van der Waals surface area contributed by atoms with Crippen molar-refractivity contribution < 1.29 is 14.3 Å². The van der Waals surface area contributed by atoms with Crippen LogP contribution in [0.4, 0.5) is 0 Å². The molecule has 0 radical (unpaired) electrons. The number of unbranched alkanes of at least 4 members (excludes halogenated alkanes) is 1. The largest absolute Gasteiger partial charge is 0.486 e. The maximum atomic E-state index is 11.5. The molecule has 0 aliphatic carbocycles. The second-order valence-corrected chi connectivity index (χ2v) is 3.33. The standard InChI is InChI=1S/C11H16O4/c1-3-4-5-14-11-9(13)6-8(2)15-10(11)7-12/h6,12H,3-5,7H2,1-2H3. The molecule has 1 heterocycles. The fourth-order valence-corrected chi connectivity index (χ4v) is 1.23. The quantitative estimate of drug-likeness (QED) is 0.753. The first-order valence-corrected chi connectivity index (χ1v) is 5.06. The summed E-state index contributed by atoms with van der Waals surface area (Å²) >= 11 is 0. The Bertz CT molecular complexity index is 367. The molecule has 0 amide bonds. The van der Waals surface area contributed by atoms with Crippen LogP contribution in [0, 0.1) is 6.92 Å². The minimum Gasteiger partial charge on any atom is -0.486 e. The molecule has 0 atom stereocenters. The van der Waals surface area contributed by atoms with Crippen LogP contribution < -0.4 is 10.2 Å². The summed E-state index contributed by atoms with van der Waals surface area (Å²) in [4.78, 5) is 11.5. The molecule has 84 valence electrons. The van der Waals surface area contributed by atoms with Crippen LogP contribution in [0.5, 0.6) is 5.75 Å². The second kappa shape index (κ2) is 5.56. The molecule has 0 saturated carbocycles. The Morgan fingerprint density at radius 2 is 2.27 bits per heavy atom. The lowest BCUT2D eigenvalue weighted by Gasteiger charge is -2.08. The summed E-state index contributed by atoms with van der Waals surface area (Å²) in [5.74, 6) is 0.819. The lowest BCUT2D eigenvalue weighted by atomic mass is 10.3. The van der Waals surface area contributed by atoms with Crippen LogP contribution >= 0.6 is 0 Å². The first-order valence-electron chi connectivity index (χ1n) is 5.06. The lowest BCUT2D eigenvalue weighted by molar-refractivity contribution is 0.216. The number of aliphatic hydroxyl groups is 1. The Labute approximate surface area is 88.5 Å². The van der Waals surface area contributed by atoms with Gasteiger partial charge in [-0.1, -0.05) is 13.3 Å². The smallest absolute Gasteiger partial charge is 0.227 e. The van der Waals surface area contributed by atoms with E-state index in [0.29, 0.717) is 12.4 Å². The number of aliphatic hydroxyl groups excluding tert-OH is 1. The topological polar surface area (TPSA) is 59.7 Å². The zero-order chi connectivity index (χ0) is 11.3. The summed E-state index contributed by atoms with van der Waals surface area (Å²) in [5.41, 5.74) is -0.237. The van der Waals surface area contributed by atoms with Gasteiger partial charge in [0.15, 0.2) is 5.76 Å². The van der Waals surface area contributed by atoms with Gasteiger partial charge in [0.05, 0.1) is 6.61 Å². The van der Waals surface area contributed by atoms with Crippen molar-refractivity contribution in [2.24, 2.45) is 0 Å². The predicted molar refractivity (Wildman–Crippen MR) is 56.0 cm³/mol. The van der Waals surface area contributed by atoms with Gasteiger partial charge in [0.2, 0.25) is 11.2 Å². The molecule has 0 unspecified atom stereocenters. The van der Waals surface area contributed by atoms with Gasteiger partial charge in [0, 0.05) is 6.07 Å². The molecule has 0 aliphatic rings. The Morgan fingerprint density at radius 3 is 2.87 bits per heavy atom. The van der Waals surface area contributed by atoms with Crippen molar-refractivity contribution in [3.8, 4) is 5.75 Å². The van der Waals surface area contributed by atoms with Crippen molar-refractivity contribution in [2.75, 3.05) is 6.61 Å². The molecule has 15 heavy (non-hydrogen) atoms. The monoisotopic (exact) mass is 212 g/mol. The van der Waals surface area contributed by atoms with E-state index in [1.54, 1.807) is 6.92 Å². The van der Waals surface area contributed by atoms with Gasteiger partial charge in [0.25, 0.3) is 0 Å². The molecule has 1 aromatic rings. The van der Waals surface area contributed by atoms with Crippen LogP contribution in [-0.4, -0.2) is 11.7 Å². The van der Waals surface area contributed by atoms with E-state index in [1.165, 1.54) is 6.07 Å². The number of ether oxygens (including phenoxy) is 1. The van der Waals surface area contributed by atoms with Gasteiger partial charge < -0.3 is 14.3 Å². The third-order valence-electron chi connectivity index (χ3n) is 1.98. The summed E-state index contributed by atoms with van der Waals surface area (Å²) in [6.07, 6.45) is 1.86. The fraction of sp³-hybridized carbons (Fsp3) is 0.545. The van der Waals surface area contributed by atoms with Crippen LogP contribution in [0.2, 0.25) is 0 Å². The van der Waals surface area contributed by atoms with E-state index >= 15 is 0 Å². The van der Waals surface area contributed by atoms with E-state index in [0.717, 1.165) is 12.8 Å². The molecule has 0 saturated heterocycles. The van der Waals surface area contributed by atoms with Crippen LogP contribution in [0.1, 0.15) is 31.3 Å². The summed E-state index contributed by atoms with van der Waals surface area (Å²) in [6, 6.07) is 1.36. The zero-order valence-corrected chi connectivity index (χ0v) is 9.08. The summed E-state index contributed by atoms with van der Waals surface area (Å²) in [6.45, 7) is 3.85. The van der Waals surface area contributed by atoms with Gasteiger partial charge in [0.1, 0.15) is 12.4 Å². The van der Waals surface area contributed by atoms with Crippen molar-refractivity contribution in [1.29, 1.82) is 0 Å². The average molecular weight is 212 g/mol. The van der Waals surface area contributed by atoms with Crippen molar-refractivity contribution in [2.45, 2.75) is 33.3 Å². The Balaban J connectivity index is 2.89. The van der Waals surface area contributed by atoms with Crippen molar-refractivity contribution in [3.05, 3.63) is 27.8 Å². The number of hydrogen-bond acceptors (Lipinski definition) is 4. The summed E-state index contributed by atoms with van der Waals surface area (Å²) in [7, 11) is 0. The third-order valence-corrected chi connectivity index (χ3v) is 1.98. The molecule has 1 N–H and O–H groups in total. The van der Waals surface area contributed by atoms with Crippen LogP contribution in [-0.2, 0) is 6.61 Å². The van der Waals surface area contributed by atoms with Gasteiger partial charge in [-0.2, -0.15) is 0 Å². The zero-order valence-electron chi connectivity index (χ0n) is 9.08. The predicted octanol–water partition coefficient (Wildman–Crippen LogP) is 1.62. The number of rotatable bonds is 5. The minimum atomic E-state index is -0.321. The highest BCUT2D eigenvalue weighted by atomic mass is 16.5. The van der Waals surface area contributed by atoms with Gasteiger partial charge in [-0.05, 0) is 13.3 Å². The van der Waals surface area contributed by atoms with Crippen LogP contribution in [0.3, 0.4) is 0 Å². The number of aryl methyl sites for hydroxylation is 1. The molecule has 4 nitrogen and oxygen atoms in total. The van der Waals surface area contributed by atoms with Crippen molar-refractivity contribution >= 4 is 0 Å². The summed E-state index contributed by atoms with van der Waals surface area (Å²) in [5, 5.41) is 9.01. The van der Waals surface area contributed by atoms with E-state index in [-0.39, 0.29) is 23.5 Å². The Hall–Kier alpha value is -1.29. The van der Waals surface area contributed by atoms with Gasteiger partial charge in [-0.25, -0.2) is 0 Å². The van der Waals surface area contributed by atoms with E-state index in [4.69, 9.17) is 14.3 Å². The number of hydrogen-bond donors (Lipinski definition) is 1. The molecule has 1 aromatic heterocycles. The van der Waals surface area contributed by atoms with E-state index < -0.39 is 0 Å². The molecule has 1 rings (SSSR count). The van der Waals surface area contributed by atoms with Crippen LogP contribution in [0.25, 0.3) is 0 Å². The third kappa shape index (κ3) is 3.09. The maximum Gasteiger partial charge on any atom is 0.227 e. The Morgan fingerprint density at radius 1 is 1.53 bits per heavy atom. The van der Waals surface area contributed by atoms with E-state index in [9.17, 15) is 4.79 Å². The highest BCUT2D eigenvalue weighted by Crippen LogP contribution is 2.15. The average Bonchev–Trinajstić information content (AvgIpc) is 2.20. The first kappa shape index (κ1) is 11.8. The molecule has 0 aliphatic heterocycles. The molecule has 0 spiro atoms. The SMILES string of the molecule is CCCCOc1c(CO)oc(C)cc1=O. The fourth-order valence-electron chi connectivity index (χ4n) is 1.23. The van der Waals surface area contributed by atoms with Crippen molar-refractivity contribution in [3.63, 3.8) is 0 Å². The molecule has 0 aromatic carbocycles. The molecule has 0 fully saturated rings. The summed E-state index contributed by atoms with van der Waals surface area (Å²) < 4.78 is 10.5. The normalized spacial score (nSPS) is 10.3. The lowest BCUT2D eigenvalue weighted by Crippen LogP contribution is -2.11. The van der Waals surface area contributed by atoms with E-state index in [2.05, 4.69) is 0 Å². The molecule has 4 heteroatoms. The highest BCUT2D eigenvalue weighted by Gasteiger charge is 2.11. The maximum absolute atomic E-state index is 11.5. The second-order valence-electron chi connectivity index (χ2n) is 3.33. The molecular formula is C11H16O4.